The van der Waals surface area contributed by atoms with Crippen molar-refractivity contribution in [2.75, 3.05) is 6.54 Å². The van der Waals surface area contributed by atoms with E-state index in [2.05, 4.69) is 12.2 Å². The Morgan fingerprint density at radius 2 is 2.20 bits per heavy atom. The highest BCUT2D eigenvalue weighted by Gasteiger charge is 2.33. The average Bonchev–Trinajstić information content (AvgIpc) is 2.63. The number of amides is 1. The zero-order chi connectivity index (χ0) is 10.8. The number of rotatable bonds is 3. The van der Waals surface area contributed by atoms with Gasteiger partial charge in [-0.3, -0.25) is 4.79 Å². The van der Waals surface area contributed by atoms with Crippen molar-refractivity contribution in [3.05, 3.63) is 0 Å². The maximum atomic E-state index is 11.7. The third-order valence-electron chi connectivity index (χ3n) is 3.38. The maximum absolute atomic E-state index is 11.7. The van der Waals surface area contributed by atoms with Gasteiger partial charge in [-0.05, 0) is 31.6 Å². The highest BCUT2D eigenvalue weighted by atomic mass is 16.5. The molecule has 0 bridgehead atoms. The number of hydrogen-bond donors (Lipinski definition) is 2. The molecule has 3 N–H and O–H groups in total. The molecule has 4 nitrogen and oxygen atoms in total. The Bertz CT molecular complexity index is 239. The molecule has 4 heteroatoms. The molecular formula is C11H20N2O2. The number of nitrogens with two attached hydrogens (primary N) is 1. The fraction of sp³-hybridized carbons (Fsp3) is 0.909. The van der Waals surface area contributed by atoms with E-state index >= 15 is 0 Å². The molecule has 0 radical (unpaired) electrons. The van der Waals surface area contributed by atoms with Crippen molar-refractivity contribution in [3.8, 4) is 0 Å². The summed E-state index contributed by atoms with van der Waals surface area (Å²) >= 11 is 0. The van der Waals surface area contributed by atoms with E-state index in [9.17, 15) is 4.79 Å². The minimum atomic E-state index is -0.255. The molecule has 1 saturated heterocycles. The van der Waals surface area contributed by atoms with Crippen LogP contribution in [0.15, 0.2) is 0 Å². The van der Waals surface area contributed by atoms with Crippen LogP contribution in [-0.4, -0.2) is 30.7 Å². The van der Waals surface area contributed by atoms with Crippen LogP contribution in [0.5, 0.6) is 0 Å². The zero-order valence-corrected chi connectivity index (χ0v) is 9.24. The fourth-order valence-corrected chi connectivity index (χ4v) is 2.39. The van der Waals surface area contributed by atoms with Gasteiger partial charge in [-0.1, -0.05) is 6.92 Å². The largest absolute Gasteiger partial charge is 0.364 e. The van der Waals surface area contributed by atoms with E-state index in [1.54, 1.807) is 0 Å². The minimum absolute atomic E-state index is 0.0582. The fourth-order valence-electron chi connectivity index (χ4n) is 2.39. The molecule has 1 saturated carbocycles. The lowest BCUT2D eigenvalue weighted by molar-refractivity contribution is -0.133. The van der Waals surface area contributed by atoms with E-state index in [0.29, 0.717) is 12.6 Å². The highest BCUT2D eigenvalue weighted by molar-refractivity contribution is 5.81. The smallest absolute Gasteiger partial charge is 0.249 e. The first-order valence-corrected chi connectivity index (χ1v) is 5.85. The van der Waals surface area contributed by atoms with Gasteiger partial charge in [0.15, 0.2) is 0 Å². The van der Waals surface area contributed by atoms with Gasteiger partial charge in [-0.25, -0.2) is 0 Å². The van der Waals surface area contributed by atoms with E-state index in [1.165, 1.54) is 0 Å². The number of hydrogen-bond acceptors (Lipinski definition) is 3. The van der Waals surface area contributed by atoms with Crippen molar-refractivity contribution in [2.45, 2.75) is 50.9 Å². The van der Waals surface area contributed by atoms with Gasteiger partial charge in [0.1, 0.15) is 6.10 Å². The third kappa shape index (κ3) is 2.49. The molecule has 86 valence electrons. The van der Waals surface area contributed by atoms with E-state index in [4.69, 9.17) is 10.5 Å². The van der Waals surface area contributed by atoms with Crippen molar-refractivity contribution in [1.82, 2.24) is 5.32 Å². The predicted octanol–water partition coefficient (Wildman–Crippen LogP) is 0.407. The van der Waals surface area contributed by atoms with E-state index < -0.39 is 0 Å². The molecule has 1 heterocycles. The molecule has 1 aliphatic carbocycles. The lowest BCUT2D eigenvalue weighted by Gasteiger charge is -2.33. The third-order valence-corrected chi connectivity index (χ3v) is 3.38. The van der Waals surface area contributed by atoms with Crippen LogP contribution in [0.3, 0.4) is 0 Å². The van der Waals surface area contributed by atoms with Gasteiger partial charge in [-0.2, -0.15) is 0 Å². The molecule has 0 aromatic heterocycles. The number of carbonyl (C=O) groups excluding carboxylic acids is 1. The van der Waals surface area contributed by atoms with Crippen LogP contribution >= 0.6 is 0 Å². The average molecular weight is 212 g/mol. The summed E-state index contributed by atoms with van der Waals surface area (Å²) in [5.74, 6) is 0.819. The molecular weight excluding hydrogens is 192 g/mol. The summed E-state index contributed by atoms with van der Waals surface area (Å²) in [7, 11) is 0. The van der Waals surface area contributed by atoms with E-state index in [0.717, 1.165) is 31.6 Å². The number of ether oxygens (including phenoxy) is 1. The Labute approximate surface area is 90.5 Å². The van der Waals surface area contributed by atoms with E-state index in [1.807, 2.05) is 0 Å². The second kappa shape index (κ2) is 4.49. The van der Waals surface area contributed by atoms with Gasteiger partial charge in [0.05, 0.1) is 6.10 Å². The van der Waals surface area contributed by atoms with Gasteiger partial charge >= 0.3 is 0 Å². The molecule has 1 amide bonds. The summed E-state index contributed by atoms with van der Waals surface area (Å²) in [6, 6.07) is 0.382. The van der Waals surface area contributed by atoms with Crippen LogP contribution in [0, 0.1) is 5.92 Å². The number of carbonyl (C=O) groups is 1. The summed E-state index contributed by atoms with van der Waals surface area (Å²) in [5, 5.41) is 3.03. The molecule has 2 aliphatic rings. The van der Waals surface area contributed by atoms with Crippen LogP contribution in [0.4, 0.5) is 0 Å². The molecule has 2 atom stereocenters. The Hall–Kier alpha value is -0.610. The Kier molecular flexibility index (Phi) is 3.26. The van der Waals surface area contributed by atoms with Gasteiger partial charge in [-0.15, -0.1) is 0 Å². The van der Waals surface area contributed by atoms with Crippen molar-refractivity contribution in [2.24, 2.45) is 11.7 Å². The topological polar surface area (TPSA) is 64.4 Å². The Balaban J connectivity index is 1.72. The lowest BCUT2D eigenvalue weighted by Crippen LogP contribution is -2.47. The predicted molar refractivity (Wildman–Crippen MR) is 57.3 cm³/mol. The van der Waals surface area contributed by atoms with Gasteiger partial charge in [0.25, 0.3) is 0 Å². The molecule has 15 heavy (non-hydrogen) atoms. The molecule has 2 fully saturated rings. The SMILES string of the molecule is CC1CC(NC(=O)[C@@H]2CC[C@H](CN)O2)C1. The molecule has 0 aromatic rings. The second-order valence-corrected chi connectivity index (χ2v) is 4.84. The van der Waals surface area contributed by atoms with Crippen molar-refractivity contribution < 1.29 is 9.53 Å². The van der Waals surface area contributed by atoms with Gasteiger partial charge in [0.2, 0.25) is 5.91 Å². The first-order chi connectivity index (χ1) is 7.19. The lowest BCUT2D eigenvalue weighted by atomic mass is 9.82. The molecule has 2 rings (SSSR count). The maximum Gasteiger partial charge on any atom is 0.249 e. The van der Waals surface area contributed by atoms with Crippen molar-refractivity contribution >= 4 is 5.91 Å². The van der Waals surface area contributed by atoms with Gasteiger partial charge in [0, 0.05) is 12.6 Å². The summed E-state index contributed by atoms with van der Waals surface area (Å²) in [5.41, 5.74) is 5.50. The van der Waals surface area contributed by atoms with Crippen LogP contribution in [-0.2, 0) is 9.53 Å². The van der Waals surface area contributed by atoms with E-state index in [-0.39, 0.29) is 18.1 Å². The first-order valence-electron chi connectivity index (χ1n) is 5.85. The highest BCUT2D eigenvalue weighted by Crippen LogP contribution is 2.27. The van der Waals surface area contributed by atoms with Crippen LogP contribution in [0.2, 0.25) is 0 Å². The van der Waals surface area contributed by atoms with Crippen LogP contribution in [0.1, 0.15) is 32.6 Å². The van der Waals surface area contributed by atoms with Crippen LogP contribution < -0.4 is 11.1 Å². The molecule has 1 aliphatic heterocycles. The second-order valence-electron chi connectivity index (χ2n) is 4.84. The summed E-state index contributed by atoms with van der Waals surface area (Å²) in [4.78, 5) is 11.7. The Morgan fingerprint density at radius 3 is 2.73 bits per heavy atom. The van der Waals surface area contributed by atoms with Crippen molar-refractivity contribution in [1.29, 1.82) is 0 Å². The minimum Gasteiger partial charge on any atom is -0.364 e. The summed E-state index contributed by atoms with van der Waals surface area (Å²) < 4.78 is 5.53. The number of nitrogens with one attached hydrogen (secondary N) is 1. The quantitative estimate of drug-likeness (QED) is 0.712. The van der Waals surface area contributed by atoms with Crippen molar-refractivity contribution in [3.63, 3.8) is 0 Å². The molecule has 0 spiro atoms. The molecule has 0 aromatic carbocycles. The Morgan fingerprint density at radius 1 is 1.47 bits per heavy atom. The zero-order valence-electron chi connectivity index (χ0n) is 9.24. The standard InChI is InChI=1S/C11H20N2O2/c1-7-4-8(5-7)13-11(14)10-3-2-9(6-12)15-10/h7-10H,2-6,12H2,1H3,(H,13,14)/t7?,8?,9-,10+/m1/s1. The normalized spacial score (nSPS) is 39.9. The van der Waals surface area contributed by atoms with Crippen LogP contribution in [0.25, 0.3) is 0 Å². The molecule has 0 unspecified atom stereocenters. The summed E-state index contributed by atoms with van der Waals surface area (Å²) in [6.45, 7) is 2.73. The summed E-state index contributed by atoms with van der Waals surface area (Å²) in [6.07, 6.45) is 3.78. The van der Waals surface area contributed by atoms with Gasteiger partial charge < -0.3 is 15.8 Å². The first kappa shape index (κ1) is 10.9. The monoisotopic (exact) mass is 212 g/mol.